The molecule has 2 aromatic carbocycles. The predicted molar refractivity (Wildman–Crippen MR) is 68.4 cm³/mol. The van der Waals surface area contributed by atoms with Crippen molar-refractivity contribution in [3.8, 4) is 11.5 Å². The Kier molecular flexibility index (Phi) is 3.33. The number of aryl methyl sites for hydroxylation is 1. The normalized spacial score (nSPS) is 10.2. The Labute approximate surface area is 101 Å². The molecule has 0 heterocycles. The van der Waals surface area contributed by atoms with E-state index in [2.05, 4.69) is 13.0 Å². The summed E-state index contributed by atoms with van der Waals surface area (Å²) in [6.07, 6.45) is 0. The van der Waals surface area contributed by atoms with E-state index < -0.39 is 0 Å². The average molecular weight is 228 g/mol. The summed E-state index contributed by atoms with van der Waals surface area (Å²) >= 11 is 0. The Morgan fingerprint density at radius 3 is 2.53 bits per heavy atom. The van der Waals surface area contributed by atoms with Crippen LogP contribution in [-0.2, 0) is 6.61 Å². The molecule has 2 nitrogen and oxygen atoms in total. The van der Waals surface area contributed by atoms with E-state index in [1.165, 1.54) is 5.56 Å². The molecule has 0 aliphatic heterocycles. The molecule has 2 aromatic rings. The van der Waals surface area contributed by atoms with Crippen molar-refractivity contribution in [2.24, 2.45) is 0 Å². The van der Waals surface area contributed by atoms with Crippen LogP contribution in [0.5, 0.6) is 11.5 Å². The molecule has 0 spiro atoms. The quantitative estimate of drug-likeness (QED) is 0.870. The Bertz CT molecular complexity index is 518. The van der Waals surface area contributed by atoms with Crippen LogP contribution in [0.25, 0.3) is 0 Å². The Morgan fingerprint density at radius 2 is 1.76 bits per heavy atom. The lowest BCUT2D eigenvalue weighted by Crippen LogP contribution is -1.98. The van der Waals surface area contributed by atoms with Gasteiger partial charge >= 0.3 is 0 Å². The molecule has 17 heavy (non-hydrogen) atoms. The molecule has 1 N–H and O–H groups in total. The molecule has 0 fully saturated rings. The largest absolute Gasteiger partial charge is 0.508 e. The molecule has 0 bridgehead atoms. The Hall–Kier alpha value is -1.96. The minimum Gasteiger partial charge on any atom is -0.508 e. The standard InChI is InChI=1S/C15H16O2/c1-11-6-3-4-7-13(11)10-17-15-9-5-8-14(16)12(15)2/h3-9,16H,10H2,1-2H3. The van der Waals surface area contributed by atoms with Crippen LogP contribution in [-0.4, -0.2) is 5.11 Å². The number of rotatable bonds is 3. The minimum atomic E-state index is 0.271. The van der Waals surface area contributed by atoms with Crippen LogP contribution in [0.15, 0.2) is 42.5 Å². The van der Waals surface area contributed by atoms with E-state index in [4.69, 9.17) is 4.74 Å². The van der Waals surface area contributed by atoms with Gasteiger partial charge in [-0.25, -0.2) is 0 Å². The second-order valence-corrected chi connectivity index (χ2v) is 4.12. The fourth-order valence-corrected chi connectivity index (χ4v) is 1.69. The molecule has 0 unspecified atom stereocenters. The zero-order valence-electron chi connectivity index (χ0n) is 10.1. The van der Waals surface area contributed by atoms with E-state index in [0.717, 1.165) is 16.9 Å². The smallest absolute Gasteiger partial charge is 0.126 e. The summed E-state index contributed by atoms with van der Waals surface area (Å²) in [5, 5.41) is 9.57. The first-order valence-corrected chi connectivity index (χ1v) is 5.64. The van der Waals surface area contributed by atoms with Crippen LogP contribution in [0.2, 0.25) is 0 Å². The van der Waals surface area contributed by atoms with Gasteiger partial charge in [-0.15, -0.1) is 0 Å². The van der Waals surface area contributed by atoms with Gasteiger partial charge in [0.15, 0.2) is 0 Å². The highest BCUT2D eigenvalue weighted by Crippen LogP contribution is 2.26. The molecule has 0 saturated carbocycles. The van der Waals surface area contributed by atoms with Gasteiger partial charge in [0.05, 0.1) is 0 Å². The van der Waals surface area contributed by atoms with Crippen molar-refractivity contribution in [2.75, 3.05) is 0 Å². The van der Waals surface area contributed by atoms with Gasteiger partial charge < -0.3 is 9.84 Å². The topological polar surface area (TPSA) is 29.5 Å². The first-order chi connectivity index (χ1) is 8.18. The fraction of sp³-hybridized carbons (Fsp3) is 0.200. The highest BCUT2D eigenvalue weighted by Gasteiger charge is 2.04. The summed E-state index contributed by atoms with van der Waals surface area (Å²) in [5.41, 5.74) is 3.15. The van der Waals surface area contributed by atoms with Crippen molar-refractivity contribution >= 4 is 0 Å². The van der Waals surface area contributed by atoms with E-state index in [1.807, 2.05) is 31.2 Å². The number of hydrogen-bond donors (Lipinski definition) is 1. The second-order valence-electron chi connectivity index (χ2n) is 4.12. The van der Waals surface area contributed by atoms with Crippen LogP contribution in [0.4, 0.5) is 0 Å². The van der Waals surface area contributed by atoms with E-state index in [0.29, 0.717) is 6.61 Å². The van der Waals surface area contributed by atoms with Gasteiger partial charge in [-0.1, -0.05) is 30.3 Å². The number of aromatic hydroxyl groups is 1. The lowest BCUT2D eigenvalue weighted by molar-refractivity contribution is 0.301. The third-order valence-corrected chi connectivity index (χ3v) is 2.90. The number of benzene rings is 2. The SMILES string of the molecule is Cc1ccccc1COc1cccc(O)c1C. The summed E-state index contributed by atoms with van der Waals surface area (Å²) < 4.78 is 5.72. The summed E-state index contributed by atoms with van der Waals surface area (Å²) in [5.74, 6) is 1.00. The maximum absolute atomic E-state index is 9.57. The van der Waals surface area contributed by atoms with Gasteiger partial charge in [-0.2, -0.15) is 0 Å². The van der Waals surface area contributed by atoms with Crippen LogP contribution in [0.1, 0.15) is 16.7 Å². The van der Waals surface area contributed by atoms with Crippen LogP contribution < -0.4 is 4.74 Å². The molecule has 0 radical (unpaired) electrons. The number of phenols is 1. The van der Waals surface area contributed by atoms with Gasteiger partial charge in [-0.05, 0) is 37.1 Å². The third-order valence-electron chi connectivity index (χ3n) is 2.90. The number of phenolic OH excluding ortho intramolecular Hbond substituents is 1. The Balaban J connectivity index is 2.13. The van der Waals surface area contributed by atoms with Gasteiger partial charge in [0.2, 0.25) is 0 Å². The maximum Gasteiger partial charge on any atom is 0.126 e. The summed E-state index contributed by atoms with van der Waals surface area (Å²) in [7, 11) is 0. The zero-order chi connectivity index (χ0) is 12.3. The van der Waals surface area contributed by atoms with Gasteiger partial charge in [0.1, 0.15) is 18.1 Å². The summed E-state index contributed by atoms with van der Waals surface area (Å²) in [6.45, 7) is 4.44. The lowest BCUT2D eigenvalue weighted by Gasteiger charge is -2.11. The first kappa shape index (κ1) is 11.5. The van der Waals surface area contributed by atoms with Crippen molar-refractivity contribution in [1.29, 1.82) is 0 Å². The molecule has 0 aliphatic carbocycles. The summed E-state index contributed by atoms with van der Waals surface area (Å²) in [4.78, 5) is 0. The molecule has 2 heteroatoms. The number of ether oxygens (including phenoxy) is 1. The molecule has 0 saturated heterocycles. The highest BCUT2D eigenvalue weighted by molar-refractivity contribution is 5.42. The zero-order valence-corrected chi connectivity index (χ0v) is 10.1. The molecule has 0 atom stereocenters. The van der Waals surface area contributed by atoms with Crippen molar-refractivity contribution in [3.63, 3.8) is 0 Å². The van der Waals surface area contributed by atoms with Gasteiger partial charge in [0, 0.05) is 5.56 Å². The van der Waals surface area contributed by atoms with E-state index in [1.54, 1.807) is 12.1 Å². The van der Waals surface area contributed by atoms with E-state index in [9.17, 15) is 5.11 Å². The molecular formula is C15H16O2. The van der Waals surface area contributed by atoms with Crippen LogP contribution in [0, 0.1) is 13.8 Å². The van der Waals surface area contributed by atoms with Gasteiger partial charge in [0.25, 0.3) is 0 Å². The van der Waals surface area contributed by atoms with Gasteiger partial charge in [-0.3, -0.25) is 0 Å². The molecule has 0 aromatic heterocycles. The third kappa shape index (κ3) is 2.59. The molecule has 2 rings (SSSR count). The maximum atomic E-state index is 9.57. The van der Waals surface area contributed by atoms with Crippen LogP contribution in [0.3, 0.4) is 0 Å². The van der Waals surface area contributed by atoms with E-state index >= 15 is 0 Å². The van der Waals surface area contributed by atoms with Crippen molar-refractivity contribution < 1.29 is 9.84 Å². The molecular weight excluding hydrogens is 212 g/mol. The molecule has 88 valence electrons. The molecule has 0 amide bonds. The van der Waals surface area contributed by atoms with Crippen molar-refractivity contribution in [1.82, 2.24) is 0 Å². The van der Waals surface area contributed by atoms with Crippen molar-refractivity contribution in [2.45, 2.75) is 20.5 Å². The first-order valence-electron chi connectivity index (χ1n) is 5.64. The molecule has 0 aliphatic rings. The monoisotopic (exact) mass is 228 g/mol. The Morgan fingerprint density at radius 1 is 1.00 bits per heavy atom. The van der Waals surface area contributed by atoms with Crippen LogP contribution >= 0.6 is 0 Å². The number of hydrogen-bond acceptors (Lipinski definition) is 2. The fourth-order valence-electron chi connectivity index (χ4n) is 1.69. The predicted octanol–water partition coefficient (Wildman–Crippen LogP) is 3.59. The minimum absolute atomic E-state index is 0.271. The average Bonchev–Trinajstić information content (AvgIpc) is 2.33. The van der Waals surface area contributed by atoms with Crippen molar-refractivity contribution in [3.05, 3.63) is 59.2 Å². The summed E-state index contributed by atoms with van der Waals surface area (Å²) in [6, 6.07) is 13.4. The lowest BCUT2D eigenvalue weighted by atomic mass is 10.1. The second kappa shape index (κ2) is 4.91. The van der Waals surface area contributed by atoms with E-state index in [-0.39, 0.29) is 5.75 Å². The highest BCUT2D eigenvalue weighted by atomic mass is 16.5.